The maximum atomic E-state index is 12.5. The highest BCUT2D eigenvalue weighted by Gasteiger charge is 2.30. The van der Waals surface area contributed by atoms with E-state index in [0.717, 1.165) is 29.8 Å². The van der Waals surface area contributed by atoms with Crippen molar-refractivity contribution in [3.63, 3.8) is 0 Å². The number of hydrogen-bond donors (Lipinski definition) is 2. The van der Waals surface area contributed by atoms with E-state index in [1.807, 2.05) is 20.8 Å². The first-order valence-electron chi connectivity index (χ1n) is 8.40. The van der Waals surface area contributed by atoms with Crippen LogP contribution in [-0.4, -0.2) is 29.6 Å². The van der Waals surface area contributed by atoms with E-state index in [0.29, 0.717) is 0 Å². The molecule has 0 aliphatic carbocycles. The second-order valence-electron chi connectivity index (χ2n) is 7.34. The lowest BCUT2D eigenvalue weighted by Gasteiger charge is -2.19. The van der Waals surface area contributed by atoms with Crippen molar-refractivity contribution in [3.05, 3.63) is 54.1 Å². The summed E-state index contributed by atoms with van der Waals surface area (Å²) in [7, 11) is -8.29. The molecule has 0 heterocycles. The van der Waals surface area contributed by atoms with Crippen molar-refractivity contribution in [2.75, 3.05) is 11.3 Å². The predicted octanol–water partition coefficient (Wildman–Crippen LogP) is 3.63. The standard InChI is InChI=1S/C18H21F3N2O4S2/c1-17(2,3)13-4-8-16(9-5-13)29(26,27)23-14-6-10-15(11-7-14)28(24,25)22-12-18(19,20)21/h4-11,22-23H,12H2,1-3H3. The summed E-state index contributed by atoms with van der Waals surface area (Å²) in [4.78, 5) is -0.395. The highest BCUT2D eigenvalue weighted by atomic mass is 32.2. The molecule has 0 amide bonds. The second kappa shape index (κ2) is 7.96. The van der Waals surface area contributed by atoms with Crippen LogP contribution < -0.4 is 9.44 Å². The van der Waals surface area contributed by atoms with Gasteiger partial charge in [0.15, 0.2) is 0 Å². The molecular weight excluding hydrogens is 429 g/mol. The summed E-state index contributed by atoms with van der Waals surface area (Å²) >= 11 is 0. The van der Waals surface area contributed by atoms with Crippen LogP contribution in [0.1, 0.15) is 26.3 Å². The van der Waals surface area contributed by atoms with Crippen LogP contribution in [0.3, 0.4) is 0 Å². The first-order valence-corrected chi connectivity index (χ1v) is 11.4. The van der Waals surface area contributed by atoms with Crippen LogP contribution in [0.2, 0.25) is 0 Å². The number of halogens is 3. The number of sulfonamides is 2. The third-order valence-electron chi connectivity index (χ3n) is 3.91. The van der Waals surface area contributed by atoms with E-state index in [9.17, 15) is 30.0 Å². The zero-order chi connectivity index (χ0) is 22.1. The minimum absolute atomic E-state index is 0.0223. The molecular formula is C18H21F3N2O4S2. The van der Waals surface area contributed by atoms with E-state index >= 15 is 0 Å². The second-order valence-corrected chi connectivity index (χ2v) is 10.8. The lowest BCUT2D eigenvalue weighted by Crippen LogP contribution is -2.33. The Balaban J connectivity index is 2.16. The Hall–Kier alpha value is -2.11. The van der Waals surface area contributed by atoms with Crippen molar-refractivity contribution < 1.29 is 30.0 Å². The average molecular weight is 451 g/mol. The number of nitrogens with one attached hydrogen (secondary N) is 2. The van der Waals surface area contributed by atoms with Gasteiger partial charge in [0, 0.05) is 5.69 Å². The number of alkyl halides is 3. The quantitative estimate of drug-likeness (QED) is 0.703. The van der Waals surface area contributed by atoms with Crippen LogP contribution in [0.4, 0.5) is 18.9 Å². The van der Waals surface area contributed by atoms with Crippen molar-refractivity contribution in [3.8, 4) is 0 Å². The van der Waals surface area contributed by atoms with E-state index in [1.165, 1.54) is 16.9 Å². The Morgan fingerprint density at radius 2 is 1.21 bits per heavy atom. The first-order chi connectivity index (χ1) is 13.1. The molecule has 0 atom stereocenters. The summed E-state index contributed by atoms with van der Waals surface area (Å²) in [5, 5.41) is 0. The lowest BCUT2D eigenvalue weighted by atomic mass is 9.87. The van der Waals surface area contributed by atoms with Crippen LogP contribution in [0.15, 0.2) is 58.3 Å². The predicted molar refractivity (Wildman–Crippen MR) is 104 cm³/mol. The Bertz CT molecular complexity index is 1060. The van der Waals surface area contributed by atoms with Gasteiger partial charge < -0.3 is 0 Å². The molecule has 0 saturated carbocycles. The summed E-state index contributed by atoms with van der Waals surface area (Å²) in [5.41, 5.74) is 0.883. The molecule has 0 fully saturated rings. The van der Waals surface area contributed by atoms with Crippen molar-refractivity contribution in [1.29, 1.82) is 0 Å². The monoisotopic (exact) mass is 450 g/mol. The molecule has 160 valence electrons. The molecule has 29 heavy (non-hydrogen) atoms. The fraction of sp³-hybridized carbons (Fsp3) is 0.333. The van der Waals surface area contributed by atoms with Gasteiger partial charge in [-0.3, -0.25) is 4.72 Å². The van der Waals surface area contributed by atoms with Gasteiger partial charge in [0.05, 0.1) is 9.79 Å². The summed E-state index contributed by atoms with van der Waals surface area (Å²) in [6.07, 6.45) is -4.69. The molecule has 0 spiro atoms. The SMILES string of the molecule is CC(C)(C)c1ccc(S(=O)(=O)Nc2ccc(S(=O)(=O)NCC(F)(F)F)cc2)cc1. The van der Waals surface area contributed by atoms with E-state index in [2.05, 4.69) is 4.72 Å². The van der Waals surface area contributed by atoms with Crippen LogP contribution >= 0.6 is 0 Å². The zero-order valence-electron chi connectivity index (χ0n) is 15.9. The molecule has 2 rings (SSSR count). The molecule has 0 unspecified atom stereocenters. The van der Waals surface area contributed by atoms with Crippen molar-refractivity contribution >= 4 is 25.7 Å². The summed E-state index contributed by atoms with van der Waals surface area (Å²) in [5.74, 6) is 0. The highest BCUT2D eigenvalue weighted by molar-refractivity contribution is 7.92. The molecule has 0 radical (unpaired) electrons. The zero-order valence-corrected chi connectivity index (χ0v) is 17.5. The summed E-state index contributed by atoms with van der Waals surface area (Å²) in [6.45, 7) is 4.28. The molecule has 2 aromatic carbocycles. The fourth-order valence-corrected chi connectivity index (χ4v) is 4.38. The molecule has 6 nitrogen and oxygen atoms in total. The topological polar surface area (TPSA) is 92.3 Å². The van der Waals surface area contributed by atoms with Gasteiger partial charge in [-0.15, -0.1) is 0 Å². The number of rotatable bonds is 6. The van der Waals surface area contributed by atoms with Gasteiger partial charge in [0.25, 0.3) is 10.0 Å². The highest BCUT2D eigenvalue weighted by Crippen LogP contribution is 2.25. The maximum Gasteiger partial charge on any atom is 0.402 e. The third kappa shape index (κ3) is 6.44. The molecule has 0 bridgehead atoms. The Kier molecular flexibility index (Phi) is 6.36. The molecule has 11 heteroatoms. The van der Waals surface area contributed by atoms with Gasteiger partial charge in [0.1, 0.15) is 6.54 Å². The molecule has 0 aliphatic heterocycles. The summed E-state index contributed by atoms with van der Waals surface area (Å²) in [6, 6.07) is 10.7. The van der Waals surface area contributed by atoms with E-state index < -0.39 is 37.7 Å². The third-order valence-corrected chi connectivity index (χ3v) is 6.72. The largest absolute Gasteiger partial charge is 0.402 e. The van der Waals surface area contributed by atoms with Crippen molar-refractivity contribution in [1.82, 2.24) is 4.72 Å². The molecule has 0 aromatic heterocycles. The van der Waals surface area contributed by atoms with Crippen molar-refractivity contribution in [2.24, 2.45) is 0 Å². The van der Waals surface area contributed by atoms with Gasteiger partial charge in [-0.05, 0) is 47.4 Å². The van der Waals surface area contributed by atoms with E-state index in [4.69, 9.17) is 0 Å². The number of hydrogen-bond acceptors (Lipinski definition) is 4. The van der Waals surface area contributed by atoms with E-state index in [-0.39, 0.29) is 16.0 Å². The van der Waals surface area contributed by atoms with Gasteiger partial charge in [0.2, 0.25) is 10.0 Å². The molecule has 2 N–H and O–H groups in total. The molecule has 0 saturated heterocycles. The van der Waals surface area contributed by atoms with Gasteiger partial charge in [-0.2, -0.15) is 13.2 Å². The Morgan fingerprint density at radius 1 is 0.759 bits per heavy atom. The molecule has 2 aromatic rings. The van der Waals surface area contributed by atoms with Gasteiger partial charge in [-0.25, -0.2) is 21.6 Å². The first kappa shape index (κ1) is 23.2. The van der Waals surface area contributed by atoms with Gasteiger partial charge >= 0.3 is 6.18 Å². The minimum atomic E-state index is -4.69. The van der Waals surface area contributed by atoms with Crippen LogP contribution in [-0.2, 0) is 25.5 Å². The minimum Gasteiger partial charge on any atom is -0.280 e. The average Bonchev–Trinajstić information content (AvgIpc) is 2.59. The normalized spacial score (nSPS) is 13.3. The van der Waals surface area contributed by atoms with Crippen LogP contribution in [0.25, 0.3) is 0 Å². The molecule has 0 aliphatic rings. The van der Waals surface area contributed by atoms with Crippen LogP contribution in [0.5, 0.6) is 0 Å². The Morgan fingerprint density at radius 3 is 1.66 bits per heavy atom. The van der Waals surface area contributed by atoms with Crippen LogP contribution in [0, 0.1) is 0 Å². The maximum absolute atomic E-state index is 12.5. The smallest absolute Gasteiger partial charge is 0.280 e. The number of anilines is 1. The fourth-order valence-electron chi connectivity index (χ4n) is 2.31. The van der Waals surface area contributed by atoms with E-state index in [1.54, 1.807) is 12.1 Å². The Labute approximate surface area is 168 Å². The van der Waals surface area contributed by atoms with Crippen molar-refractivity contribution in [2.45, 2.75) is 42.2 Å². The summed E-state index contributed by atoms with van der Waals surface area (Å²) < 4.78 is 89.0. The lowest BCUT2D eigenvalue weighted by molar-refractivity contribution is -0.121. The number of benzene rings is 2. The van der Waals surface area contributed by atoms with Gasteiger partial charge in [-0.1, -0.05) is 32.9 Å².